The van der Waals surface area contributed by atoms with E-state index in [9.17, 15) is 4.79 Å². The number of aromatic nitrogens is 2. The monoisotopic (exact) mass is 422 g/mol. The average molecular weight is 422 g/mol. The Kier molecular flexibility index (Phi) is 7.56. The SMILES string of the molecule is CCC(=O)N1CCC(NC(=NC)NCc2nc(C)no2)C1.I. The summed E-state index contributed by atoms with van der Waals surface area (Å²) in [5.41, 5.74) is 0. The van der Waals surface area contributed by atoms with Crippen LogP contribution in [0.4, 0.5) is 0 Å². The van der Waals surface area contributed by atoms with E-state index in [1.165, 1.54) is 0 Å². The number of carbonyl (C=O) groups excluding carboxylic acids is 1. The first-order valence-electron chi connectivity index (χ1n) is 7.16. The number of nitrogens with one attached hydrogen (secondary N) is 2. The lowest BCUT2D eigenvalue weighted by atomic mass is 10.3. The summed E-state index contributed by atoms with van der Waals surface area (Å²) in [6, 6.07) is 0.219. The molecule has 1 amide bonds. The molecule has 1 aromatic rings. The highest BCUT2D eigenvalue weighted by molar-refractivity contribution is 14.0. The minimum atomic E-state index is 0. The van der Waals surface area contributed by atoms with Crippen molar-refractivity contribution in [1.82, 2.24) is 25.7 Å². The molecule has 0 radical (unpaired) electrons. The Bertz CT molecular complexity index is 518. The first kappa shape index (κ1) is 18.7. The number of nitrogens with zero attached hydrogens (tertiary/aromatic N) is 4. The first-order valence-corrected chi connectivity index (χ1v) is 7.16. The third-order valence-corrected chi connectivity index (χ3v) is 3.38. The van der Waals surface area contributed by atoms with Gasteiger partial charge < -0.3 is 20.1 Å². The van der Waals surface area contributed by atoms with Crippen molar-refractivity contribution >= 4 is 35.8 Å². The lowest BCUT2D eigenvalue weighted by molar-refractivity contribution is -0.129. The third-order valence-electron chi connectivity index (χ3n) is 3.38. The lowest BCUT2D eigenvalue weighted by Gasteiger charge is -2.18. The number of hydrogen-bond acceptors (Lipinski definition) is 5. The van der Waals surface area contributed by atoms with Crippen LogP contribution in [0.1, 0.15) is 31.5 Å². The van der Waals surface area contributed by atoms with E-state index >= 15 is 0 Å². The fourth-order valence-electron chi connectivity index (χ4n) is 2.29. The molecular weight excluding hydrogens is 399 g/mol. The van der Waals surface area contributed by atoms with Crippen LogP contribution in [0.5, 0.6) is 0 Å². The smallest absolute Gasteiger partial charge is 0.246 e. The van der Waals surface area contributed by atoms with Gasteiger partial charge in [0.25, 0.3) is 0 Å². The highest BCUT2D eigenvalue weighted by atomic mass is 127. The molecule has 0 aromatic carbocycles. The van der Waals surface area contributed by atoms with Crippen LogP contribution in [0.2, 0.25) is 0 Å². The zero-order chi connectivity index (χ0) is 15.2. The van der Waals surface area contributed by atoms with Crippen molar-refractivity contribution in [2.45, 2.75) is 39.3 Å². The Morgan fingerprint density at radius 2 is 2.32 bits per heavy atom. The first-order chi connectivity index (χ1) is 10.1. The second-order valence-corrected chi connectivity index (χ2v) is 4.98. The van der Waals surface area contributed by atoms with Gasteiger partial charge in [-0.25, -0.2) is 0 Å². The largest absolute Gasteiger partial charge is 0.352 e. The van der Waals surface area contributed by atoms with Gasteiger partial charge in [-0.1, -0.05) is 12.1 Å². The molecule has 1 saturated heterocycles. The van der Waals surface area contributed by atoms with Crippen LogP contribution in [-0.2, 0) is 11.3 Å². The summed E-state index contributed by atoms with van der Waals surface area (Å²) in [5.74, 6) is 1.99. The predicted molar refractivity (Wildman–Crippen MR) is 93.1 cm³/mol. The summed E-state index contributed by atoms with van der Waals surface area (Å²) in [6.07, 6.45) is 1.47. The van der Waals surface area contributed by atoms with Crippen molar-refractivity contribution < 1.29 is 9.32 Å². The van der Waals surface area contributed by atoms with Gasteiger partial charge in [-0.3, -0.25) is 9.79 Å². The van der Waals surface area contributed by atoms with Crippen molar-refractivity contribution in [3.05, 3.63) is 11.7 Å². The van der Waals surface area contributed by atoms with E-state index in [0.29, 0.717) is 37.2 Å². The third kappa shape index (κ3) is 5.11. The van der Waals surface area contributed by atoms with Crippen molar-refractivity contribution in [2.24, 2.45) is 4.99 Å². The van der Waals surface area contributed by atoms with E-state index in [0.717, 1.165) is 13.0 Å². The van der Waals surface area contributed by atoms with Gasteiger partial charge in [-0.2, -0.15) is 4.98 Å². The summed E-state index contributed by atoms with van der Waals surface area (Å²) in [7, 11) is 1.71. The molecule has 9 heteroatoms. The molecule has 2 rings (SSSR count). The van der Waals surface area contributed by atoms with E-state index in [4.69, 9.17) is 4.52 Å². The number of guanidine groups is 1. The summed E-state index contributed by atoms with van der Waals surface area (Å²) in [5, 5.41) is 10.2. The van der Waals surface area contributed by atoms with E-state index in [1.807, 2.05) is 11.8 Å². The van der Waals surface area contributed by atoms with Gasteiger partial charge in [-0.05, 0) is 13.3 Å². The summed E-state index contributed by atoms with van der Waals surface area (Å²) < 4.78 is 5.03. The van der Waals surface area contributed by atoms with Gasteiger partial charge in [0.2, 0.25) is 11.8 Å². The topological polar surface area (TPSA) is 95.7 Å². The molecule has 1 atom stereocenters. The van der Waals surface area contributed by atoms with E-state index in [1.54, 1.807) is 14.0 Å². The molecule has 22 heavy (non-hydrogen) atoms. The minimum absolute atomic E-state index is 0. The van der Waals surface area contributed by atoms with Crippen molar-refractivity contribution in [3.63, 3.8) is 0 Å². The molecule has 0 aliphatic carbocycles. The second-order valence-electron chi connectivity index (χ2n) is 4.98. The van der Waals surface area contributed by atoms with Gasteiger partial charge >= 0.3 is 0 Å². The maximum absolute atomic E-state index is 11.7. The number of likely N-dealkylation sites (tertiary alicyclic amines) is 1. The maximum Gasteiger partial charge on any atom is 0.246 e. The van der Waals surface area contributed by atoms with Gasteiger partial charge in [-0.15, -0.1) is 24.0 Å². The molecule has 2 N–H and O–H groups in total. The average Bonchev–Trinajstić information content (AvgIpc) is 3.11. The van der Waals surface area contributed by atoms with Crippen molar-refractivity contribution in [3.8, 4) is 0 Å². The van der Waals surface area contributed by atoms with Gasteiger partial charge in [0.15, 0.2) is 11.8 Å². The van der Waals surface area contributed by atoms with Gasteiger partial charge in [0.1, 0.15) is 0 Å². The van der Waals surface area contributed by atoms with Crippen molar-refractivity contribution in [1.29, 1.82) is 0 Å². The molecule has 8 nitrogen and oxygen atoms in total. The number of hydrogen-bond donors (Lipinski definition) is 2. The second kappa shape index (κ2) is 8.91. The molecule has 1 unspecified atom stereocenters. The molecule has 0 spiro atoms. The number of aliphatic imine (C=N–C) groups is 1. The fourth-order valence-corrected chi connectivity index (χ4v) is 2.29. The van der Waals surface area contributed by atoms with Crippen LogP contribution >= 0.6 is 24.0 Å². The highest BCUT2D eigenvalue weighted by Gasteiger charge is 2.25. The number of halogens is 1. The maximum atomic E-state index is 11.7. The quantitative estimate of drug-likeness (QED) is 0.421. The van der Waals surface area contributed by atoms with Crippen molar-refractivity contribution in [2.75, 3.05) is 20.1 Å². The number of rotatable bonds is 4. The number of aryl methyl sites for hydroxylation is 1. The van der Waals surface area contributed by atoms with Crippen LogP contribution in [0.15, 0.2) is 9.52 Å². The summed E-state index contributed by atoms with van der Waals surface area (Å²) in [4.78, 5) is 21.8. The lowest BCUT2D eigenvalue weighted by Crippen LogP contribution is -2.44. The van der Waals surface area contributed by atoms with Gasteiger partial charge in [0.05, 0.1) is 6.54 Å². The van der Waals surface area contributed by atoms with Crippen LogP contribution in [0, 0.1) is 6.92 Å². The standard InChI is InChI=1S/C13H22N6O2.HI/c1-4-12(20)19-6-5-10(8-19)17-13(14-3)15-7-11-16-9(2)18-21-11;/h10H,4-8H2,1-3H3,(H2,14,15,17);1H. The molecule has 124 valence electrons. The Labute approximate surface area is 147 Å². The number of amides is 1. The van der Waals surface area contributed by atoms with Crippen LogP contribution in [0.3, 0.4) is 0 Å². The molecule has 1 fully saturated rings. The highest BCUT2D eigenvalue weighted by Crippen LogP contribution is 2.10. The fraction of sp³-hybridized carbons (Fsp3) is 0.692. The minimum Gasteiger partial charge on any atom is -0.352 e. The molecule has 1 aliphatic rings. The van der Waals surface area contributed by atoms with Crippen LogP contribution < -0.4 is 10.6 Å². The van der Waals surface area contributed by atoms with Crippen LogP contribution in [-0.4, -0.2) is 53.1 Å². The predicted octanol–water partition coefficient (Wildman–Crippen LogP) is 0.672. The van der Waals surface area contributed by atoms with E-state index < -0.39 is 0 Å². The van der Waals surface area contributed by atoms with E-state index in [2.05, 4.69) is 25.8 Å². The zero-order valence-corrected chi connectivity index (χ0v) is 15.5. The van der Waals surface area contributed by atoms with Crippen LogP contribution in [0.25, 0.3) is 0 Å². The molecular formula is C13H23IN6O2. The normalized spacial score (nSPS) is 18.0. The Balaban J connectivity index is 0.00000242. The molecule has 0 bridgehead atoms. The molecule has 1 aliphatic heterocycles. The molecule has 2 heterocycles. The Morgan fingerprint density at radius 1 is 1.55 bits per heavy atom. The zero-order valence-electron chi connectivity index (χ0n) is 13.1. The van der Waals surface area contributed by atoms with E-state index in [-0.39, 0.29) is 35.9 Å². The summed E-state index contributed by atoms with van der Waals surface area (Å²) in [6.45, 7) is 5.59. The Hall–Kier alpha value is -1.39. The number of carbonyl (C=O) groups is 1. The molecule has 0 saturated carbocycles. The van der Waals surface area contributed by atoms with Gasteiger partial charge in [0, 0.05) is 32.6 Å². The summed E-state index contributed by atoms with van der Waals surface area (Å²) >= 11 is 0. The Morgan fingerprint density at radius 3 is 2.91 bits per heavy atom. The molecule has 1 aromatic heterocycles.